The van der Waals surface area contributed by atoms with E-state index in [4.69, 9.17) is 5.73 Å². The normalized spacial score (nSPS) is 10.2. The standard InChI is InChI=1S/C11H16N4O2S/c1-7(2)14-11(17)15-9(16)6-18-10-8(12)4-3-5-13-10/h3-5,7H,6,12H2,1-2H3,(H2,14,15,16,17). The van der Waals surface area contributed by atoms with Crippen LogP contribution in [0.15, 0.2) is 23.4 Å². The van der Waals surface area contributed by atoms with Gasteiger partial charge in [-0.3, -0.25) is 10.1 Å². The van der Waals surface area contributed by atoms with Gasteiger partial charge in [-0.2, -0.15) is 0 Å². The highest BCUT2D eigenvalue weighted by Crippen LogP contribution is 2.20. The number of nitrogens with zero attached hydrogens (tertiary/aromatic N) is 1. The van der Waals surface area contributed by atoms with Crippen molar-refractivity contribution in [2.24, 2.45) is 0 Å². The van der Waals surface area contributed by atoms with Crippen molar-refractivity contribution in [2.45, 2.75) is 24.9 Å². The van der Waals surface area contributed by atoms with Crippen molar-refractivity contribution in [3.63, 3.8) is 0 Å². The quantitative estimate of drug-likeness (QED) is 0.707. The number of thioether (sulfide) groups is 1. The largest absolute Gasteiger partial charge is 0.397 e. The summed E-state index contributed by atoms with van der Waals surface area (Å²) in [6.07, 6.45) is 1.60. The number of carbonyl (C=O) groups excluding carboxylic acids is 2. The molecule has 0 bridgehead atoms. The number of nitrogens with two attached hydrogens (primary N) is 1. The van der Waals surface area contributed by atoms with Gasteiger partial charge in [0.2, 0.25) is 5.91 Å². The molecule has 18 heavy (non-hydrogen) atoms. The van der Waals surface area contributed by atoms with Crippen LogP contribution in [0, 0.1) is 0 Å². The Morgan fingerprint density at radius 2 is 2.22 bits per heavy atom. The van der Waals surface area contributed by atoms with Gasteiger partial charge in [0.1, 0.15) is 5.03 Å². The number of amides is 3. The summed E-state index contributed by atoms with van der Waals surface area (Å²) in [5.74, 6) is -0.296. The highest BCUT2D eigenvalue weighted by atomic mass is 32.2. The molecule has 1 heterocycles. The maximum absolute atomic E-state index is 11.5. The molecule has 0 atom stereocenters. The summed E-state index contributed by atoms with van der Waals surface area (Å²) >= 11 is 1.19. The zero-order valence-corrected chi connectivity index (χ0v) is 11.1. The number of carbonyl (C=O) groups is 2. The number of anilines is 1. The number of urea groups is 1. The van der Waals surface area contributed by atoms with Crippen molar-refractivity contribution in [1.29, 1.82) is 0 Å². The molecule has 0 saturated heterocycles. The first-order valence-electron chi connectivity index (χ1n) is 5.42. The van der Waals surface area contributed by atoms with Crippen molar-refractivity contribution < 1.29 is 9.59 Å². The van der Waals surface area contributed by atoms with Crippen LogP contribution in [0.4, 0.5) is 10.5 Å². The Kier molecular flexibility index (Phi) is 5.44. The van der Waals surface area contributed by atoms with E-state index in [1.54, 1.807) is 18.3 Å². The molecule has 6 nitrogen and oxygen atoms in total. The first kappa shape index (κ1) is 14.3. The van der Waals surface area contributed by atoms with Crippen LogP contribution in [0.2, 0.25) is 0 Å². The van der Waals surface area contributed by atoms with Gasteiger partial charge in [0, 0.05) is 12.2 Å². The summed E-state index contributed by atoms with van der Waals surface area (Å²) < 4.78 is 0. The van der Waals surface area contributed by atoms with E-state index in [9.17, 15) is 9.59 Å². The number of rotatable bonds is 4. The summed E-state index contributed by atoms with van der Waals surface area (Å²) in [5.41, 5.74) is 6.20. The van der Waals surface area contributed by atoms with Crippen molar-refractivity contribution in [2.75, 3.05) is 11.5 Å². The average molecular weight is 268 g/mol. The van der Waals surface area contributed by atoms with Gasteiger partial charge in [-0.1, -0.05) is 11.8 Å². The summed E-state index contributed by atoms with van der Waals surface area (Å²) in [4.78, 5) is 26.7. The third-order valence-corrected chi connectivity index (χ3v) is 2.83. The van der Waals surface area contributed by atoms with E-state index in [1.807, 2.05) is 13.8 Å². The van der Waals surface area contributed by atoms with Gasteiger partial charge >= 0.3 is 6.03 Å². The molecule has 0 radical (unpaired) electrons. The van der Waals surface area contributed by atoms with Crippen molar-refractivity contribution >= 4 is 29.4 Å². The Hall–Kier alpha value is -1.76. The lowest BCUT2D eigenvalue weighted by molar-refractivity contribution is -0.117. The molecule has 0 aliphatic rings. The summed E-state index contributed by atoms with van der Waals surface area (Å²) in [5, 5.41) is 5.37. The Labute approximate surface area is 110 Å². The predicted octanol–water partition coefficient (Wildman–Crippen LogP) is 0.990. The molecule has 0 fully saturated rings. The van der Waals surface area contributed by atoms with Crippen LogP contribution < -0.4 is 16.4 Å². The second kappa shape index (κ2) is 6.85. The Morgan fingerprint density at radius 3 is 2.83 bits per heavy atom. The molecule has 98 valence electrons. The molecule has 0 unspecified atom stereocenters. The number of imide groups is 1. The highest BCUT2D eigenvalue weighted by Gasteiger charge is 2.10. The second-order valence-electron chi connectivity index (χ2n) is 3.86. The van der Waals surface area contributed by atoms with Crippen molar-refractivity contribution in [3.05, 3.63) is 18.3 Å². The number of aromatic nitrogens is 1. The van der Waals surface area contributed by atoms with Gasteiger partial charge in [-0.25, -0.2) is 9.78 Å². The monoisotopic (exact) mass is 268 g/mol. The van der Waals surface area contributed by atoms with Gasteiger partial charge < -0.3 is 11.1 Å². The van der Waals surface area contributed by atoms with E-state index in [1.165, 1.54) is 11.8 Å². The molecule has 0 saturated carbocycles. The molecule has 1 aromatic rings. The van der Waals surface area contributed by atoms with Crippen molar-refractivity contribution in [1.82, 2.24) is 15.6 Å². The predicted molar refractivity (Wildman–Crippen MR) is 71.2 cm³/mol. The maximum Gasteiger partial charge on any atom is 0.321 e. The minimum Gasteiger partial charge on any atom is -0.397 e. The SMILES string of the molecule is CC(C)NC(=O)NC(=O)CSc1ncccc1N. The van der Waals surface area contributed by atoms with Gasteiger partial charge in [-0.15, -0.1) is 0 Å². The van der Waals surface area contributed by atoms with E-state index >= 15 is 0 Å². The van der Waals surface area contributed by atoms with Crippen LogP contribution in [0.25, 0.3) is 0 Å². The Bertz CT molecular complexity index is 437. The lowest BCUT2D eigenvalue weighted by atomic mass is 10.4. The zero-order valence-electron chi connectivity index (χ0n) is 10.3. The molecule has 1 rings (SSSR count). The molecule has 0 aliphatic heterocycles. The fourth-order valence-electron chi connectivity index (χ4n) is 1.12. The van der Waals surface area contributed by atoms with E-state index in [2.05, 4.69) is 15.6 Å². The summed E-state index contributed by atoms with van der Waals surface area (Å²) in [7, 11) is 0. The molecule has 4 N–H and O–H groups in total. The summed E-state index contributed by atoms with van der Waals surface area (Å²) in [6.45, 7) is 3.63. The molecule has 0 aromatic carbocycles. The zero-order chi connectivity index (χ0) is 13.5. The molecule has 0 aliphatic carbocycles. The third-order valence-electron chi connectivity index (χ3n) is 1.81. The number of nitrogens with one attached hydrogen (secondary N) is 2. The van der Waals surface area contributed by atoms with Crippen LogP contribution in [0.1, 0.15) is 13.8 Å². The average Bonchev–Trinajstić information content (AvgIpc) is 2.26. The Morgan fingerprint density at radius 1 is 1.50 bits per heavy atom. The molecular formula is C11H16N4O2S. The topological polar surface area (TPSA) is 97.1 Å². The Balaban J connectivity index is 2.38. The van der Waals surface area contributed by atoms with Gasteiger partial charge in [0.05, 0.1) is 11.4 Å². The first-order chi connectivity index (χ1) is 8.49. The maximum atomic E-state index is 11.5. The highest BCUT2D eigenvalue weighted by molar-refractivity contribution is 8.00. The summed E-state index contributed by atoms with van der Waals surface area (Å²) in [6, 6.07) is 2.91. The lowest BCUT2D eigenvalue weighted by Gasteiger charge is -2.09. The van der Waals surface area contributed by atoms with E-state index < -0.39 is 6.03 Å². The van der Waals surface area contributed by atoms with E-state index in [0.717, 1.165) is 0 Å². The van der Waals surface area contributed by atoms with Gasteiger partial charge in [0.15, 0.2) is 0 Å². The lowest BCUT2D eigenvalue weighted by Crippen LogP contribution is -2.43. The first-order valence-corrected chi connectivity index (χ1v) is 6.41. The van der Waals surface area contributed by atoms with Crippen molar-refractivity contribution in [3.8, 4) is 0 Å². The number of hydrogen-bond donors (Lipinski definition) is 3. The van der Waals surface area contributed by atoms with Crippen LogP contribution in [-0.4, -0.2) is 28.7 Å². The second-order valence-corrected chi connectivity index (χ2v) is 4.83. The van der Waals surface area contributed by atoms with E-state index in [0.29, 0.717) is 10.7 Å². The van der Waals surface area contributed by atoms with Gasteiger partial charge in [-0.05, 0) is 26.0 Å². The molecule has 7 heteroatoms. The smallest absolute Gasteiger partial charge is 0.321 e. The van der Waals surface area contributed by atoms with Crippen LogP contribution in [-0.2, 0) is 4.79 Å². The molecular weight excluding hydrogens is 252 g/mol. The van der Waals surface area contributed by atoms with Crippen LogP contribution >= 0.6 is 11.8 Å². The fourth-order valence-corrected chi connectivity index (χ4v) is 1.83. The number of nitrogen functional groups attached to an aromatic ring is 1. The number of pyridine rings is 1. The number of hydrogen-bond acceptors (Lipinski definition) is 5. The fraction of sp³-hybridized carbons (Fsp3) is 0.364. The molecule has 3 amide bonds. The molecule has 1 aromatic heterocycles. The minimum absolute atomic E-state index is 0.0168. The van der Waals surface area contributed by atoms with E-state index in [-0.39, 0.29) is 17.7 Å². The van der Waals surface area contributed by atoms with Crippen LogP contribution in [0.5, 0.6) is 0 Å². The van der Waals surface area contributed by atoms with Gasteiger partial charge in [0.25, 0.3) is 0 Å². The third kappa shape index (κ3) is 5.05. The molecule has 0 spiro atoms. The minimum atomic E-state index is -0.496. The van der Waals surface area contributed by atoms with Crippen LogP contribution in [0.3, 0.4) is 0 Å².